The van der Waals surface area contributed by atoms with Gasteiger partial charge < -0.3 is 24.1 Å². The second-order valence-corrected chi connectivity index (χ2v) is 3.56. The summed E-state index contributed by atoms with van der Waals surface area (Å²) in [5.74, 6) is 0.592. The van der Waals surface area contributed by atoms with Crippen LogP contribution in [0.1, 0.15) is 0 Å². The largest absolute Gasteiger partial charge is 0.493 e. The smallest absolute Gasteiger partial charge is 0.334 e. The number of hydrogen-bond donors (Lipinski definition) is 1. The van der Waals surface area contributed by atoms with Crippen LogP contribution in [0.2, 0.25) is 0 Å². The molecule has 0 bridgehead atoms. The summed E-state index contributed by atoms with van der Waals surface area (Å²) in [6.07, 6.45) is 0. The fourth-order valence-corrected chi connectivity index (χ4v) is 1.37. The third-order valence-corrected chi connectivity index (χ3v) is 2.35. The highest BCUT2D eigenvalue weighted by Crippen LogP contribution is 2.40. The summed E-state index contributed by atoms with van der Waals surface area (Å²) in [6, 6.07) is 3.16. The molecule has 0 amide bonds. The number of carboxylic acid groups (broad SMARTS) is 1. The van der Waals surface area contributed by atoms with Crippen LogP contribution < -0.4 is 18.9 Å². The van der Waals surface area contributed by atoms with Gasteiger partial charge in [0.25, 0.3) is 0 Å². The zero-order valence-corrected chi connectivity index (χ0v) is 11.1. The molecule has 104 valence electrons. The van der Waals surface area contributed by atoms with E-state index in [1.165, 1.54) is 21.3 Å². The number of ether oxygens (including phenoxy) is 4. The molecule has 6 nitrogen and oxygen atoms in total. The van der Waals surface area contributed by atoms with Gasteiger partial charge in [0.2, 0.25) is 5.75 Å². The SMILES string of the molecule is C=C(COc1cc(OC)c(OC)c(OC)c1)C(=O)O. The number of methoxy groups -OCH3 is 3. The summed E-state index contributed by atoms with van der Waals surface area (Å²) in [5, 5.41) is 8.69. The summed E-state index contributed by atoms with van der Waals surface area (Å²) in [6.45, 7) is 3.25. The van der Waals surface area contributed by atoms with Gasteiger partial charge in [0.15, 0.2) is 11.5 Å². The zero-order chi connectivity index (χ0) is 14.4. The van der Waals surface area contributed by atoms with Crippen molar-refractivity contribution in [2.45, 2.75) is 0 Å². The first-order valence-electron chi connectivity index (χ1n) is 5.37. The Balaban J connectivity index is 2.96. The Labute approximate surface area is 111 Å². The number of benzene rings is 1. The van der Waals surface area contributed by atoms with Crippen molar-refractivity contribution < 1.29 is 28.8 Å². The van der Waals surface area contributed by atoms with Gasteiger partial charge in [0.1, 0.15) is 12.4 Å². The molecule has 1 rings (SSSR count). The minimum Gasteiger partial charge on any atom is -0.493 e. The van der Waals surface area contributed by atoms with Crippen LogP contribution >= 0.6 is 0 Å². The molecule has 0 aliphatic carbocycles. The lowest BCUT2D eigenvalue weighted by molar-refractivity contribution is -0.133. The van der Waals surface area contributed by atoms with Crippen LogP contribution in [0.25, 0.3) is 0 Å². The van der Waals surface area contributed by atoms with E-state index in [0.717, 1.165) is 0 Å². The lowest BCUT2D eigenvalue weighted by Crippen LogP contribution is -2.09. The van der Waals surface area contributed by atoms with E-state index in [9.17, 15) is 4.79 Å². The highest BCUT2D eigenvalue weighted by molar-refractivity contribution is 5.86. The average Bonchev–Trinajstić information content (AvgIpc) is 2.42. The third kappa shape index (κ3) is 3.54. The minimum absolute atomic E-state index is 0.0475. The van der Waals surface area contributed by atoms with Gasteiger partial charge in [-0.2, -0.15) is 0 Å². The molecule has 0 saturated heterocycles. The zero-order valence-electron chi connectivity index (χ0n) is 11.1. The maximum Gasteiger partial charge on any atom is 0.334 e. The molecule has 1 aromatic rings. The Hall–Kier alpha value is -2.37. The molecular weight excluding hydrogens is 252 g/mol. The number of hydrogen-bond acceptors (Lipinski definition) is 5. The monoisotopic (exact) mass is 268 g/mol. The van der Waals surface area contributed by atoms with E-state index in [0.29, 0.717) is 23.0 Å². The average molecular weight is 268 g/mol. The summed E-state index contributed by atoms with van der Waals surface area (Å²) in [5.41, 5.74) is -0.0475. The van der Waals surface area contributed by atoms with E-state index in [1.807, 2.05) is 0 Å². The maximum atomic E-state index is 10.6. The molecule has 0 radical (unpaired) electrons. The highest BCUT2D eigenvalue weighted by Gasteiger charge is 2.14. The van der Waals surface area contributed by atoms with Crippen molar-refractivity contribution in [3.63, 3.8) is 0 Å². The first-order valence-corrected chi connectivity index (χ1v) is 5.37. The highest BCUT2D eigenvalue weighted by atomic mass is 16.5. The summed E-state index contributed by atoms with van der Waals surface area (Å²) < 4.78 is 20.8. The molecule has 0 unspecified atom stereocenters. The van der Waals surface area contributed by atoms with Crippen molar-refractivity contribution >= 4 is 5.97 Å². The van der Waals surface area contributed by atoms with Gasteiger partial charge in [-0.3, -0.25) is 0 Å². The van der Waals surface area contributed by atoms with Crippen molar-refractivity contribution in [3.8, 4) is 23.0 Å². The van der Waals surface area contributed by atoms with Crippen molar-refractivity contribution in [2.24, 2.45) is 0 Å². The van der Waals surface area contributed by atoms with Gasteiger partial charge in [-0.25, -0.2) is 4.79 Å². The Kier molecular flexibility index (Phi) is 5.05. The van der Waals surface area contributed by atoms with E-state index < -0.39 is 5.97 Å². The number of carbonyl (C=O) groups is 1. The second kappa shape index (κ2) is 6.53. The van der Waals surface area contributed by atoms with Crippen LogP contribution in [0.15, 0.2) is 24.3 Å². The first kappa shape index (κ1) is 14.7. The van der Waals surface area contributed by atoms with E-state index in [4.69, 9.17) is 24.1 Å². The molecule has 1 aromatic carbocycles. The van der Waals surface area contributed by atoms with E-state index in [-0.39, 0.29) is 12.2 Å². The topological polar surface area (TPSA) is 74.2 Å². The lowest BCUT2D eigenvalue weighted by atomic mass is 10.2. The number of aliphatic carboxylic acids is 1. The summed E-state index contributed by atoms with van der Waals surface area (Å²) in [7, 11) is 4.46. The van der Waals surface area contributed by atoms with Crippen molar-refractivity contribution in [2.75, 3.05) is 27.9 Å². The van der Waals surface area contributed by atoms with Crippen LogP contribution in [0.5, 0.6) is 23.0 Å². The molecule has 0 aliphatic heterocycles. The molecule has 1 N–H and O–H groups in total. The third-order valence-electron chi connectivity index (χ3n) is 2.35. The Morgan fingerprint density at radius 3 is 2.05 bits per heavy atom. The summed E-state index contributed by atoms with van der Waals surface area (Å²) >= 11 is 0. The molecule has 0 heterocycles. The second-order valence-electron chi connectivity index (χ2n) is 3.56. The molecule has 19 heavy (non-hydrogen) atoms. The molecular formula is C13H16O6. The van der Waals surface area contributed by atoms with Crippen LogP contribution in [-0.2, 0) is 4.79 Å². The van der Waals surface area contributed by atoms with Crippen molar-refractivity contribution in [3.05, 3.63) is 24.3 Å². The number of carboxylic acids is 1. The summed E-state index contributed by atoms with van der Waals surface area (Å²) in [4.78, 5) is 10.6. The Morgan fingerprint density at radius 2 is 1.68 bits per heavy atom. The van der Waals surface area contributed by atoms with Crippen molar-refractivity contribution in [1.29, 1.82) is 0 Å². The molecule has 0 atom stereocenters. The van der Waals surface area contributed by atoms with Gasteiger partial charge >= 0.3 is 5.97 Å². The van der Waals surface area contributed by atoms with Gasteiger partial charge in [-0.05, 0) is 0 Å². The van der Waals surface area contributed by atoms with E-state index in [2.05, 4.69) is 6.58 Å². The van der Waals surface area contributed by atoms with E-state index in [1.54, 1.807) is 12.1 Å². The minimum atomic E-state index is -1.10. The normalized spacial score (nSPS) is 9.63. The molecule has 0 fully saturated rings. The lowest BCUT2D eigenvalue weighted by Gasteiger charge is -2.14. The molecule has 0 aromatic heterocycles. The number of rotatable bonds is 7. The Bertz CT molecular complexity index is 455. The first-order chi connectivity index (χ1) is 9.03. The van der Waals surface area contributed by atoms with Crippen LogP contribution in [0, 0.1) is 0 Å². The molecule has 0 spiro atoms. The van der Waals surface area contributed by atoms with Gasteiger partial charge in [0, 0.05) is 12.1 Å². The van der Waals surface area contributed by atoms with Crippen LogP contribution in [-0.4, -0.2) is 39.0 Å². The predicted molar refractivity (Wildman–Crippen MR) is 68.4 cm³/mol. The van der Waals surface area contributed by atoms with Crippen LogP contribution in [0.3, 0.4) is 0 Å². The van der Waals surface area contributed by atoms with Gasteiger partial charge in [-0.1, -0.05) is 6.58 Å². The van der Waals surface area contributed by atoms with Gasteiger partial charge in [0.05, 0.1) is 26.9 Å². The fraction of sp³-hybridized carbons (Fsp3) is 0.308. The van der Waals surface area contributed by atoms with Gasteiger partial charge in [-0.15, -0.1) is 0 Å². The van der Waals surface area contributed by atoms with Crippen LogP contribution in [0.4, 0.5) is 0 Å². The Morgan fingerprint density at radius 1 is 1.16 bits per heavy atom. The molecule has 6 heteroatoms. The van der Waals surface area contributed by atoms with Crippen molar-refractivity contribution in [1.82, 2.24) is 0 Å². The maximum absolute atomic E-state index is 10.6. The van der Waals surface area contributed by atoms with E-state index >= 15 is 0 Å². The molecule has 0 aliphatic rings. The quantitative estimate of drug-likeness (QED) is 0.759. The standard InChI is InChI=1S/C13H16O6/c1-8(13(14)15)7-19-9-5-10(16-2)12(18-4)11(6-9)17-3/h5-6H,1,7H2,2-4H3,(H,14,15). The predicted octanol–water partition coefficient (Wildman–Crippen LogP) is 1.73. The molecule has 0 saturated carbocycles. The fourth-order valence-electron chi connectivity index (χ4n) is 1.37.